The highest BCUT2D eigenvalue weighted by molar-refractivity contribution is 9.10. The number of benzene rings is 1. The van der Waals surface area contributed by atoms with E-state index in [9.17, 15) is 8.42 Å². The summed E-state index contributed by atoms with van der Waals surface area (Å²) in [6.07, 6.45) is 0.781. The van der Waals surface area contributed by atoms with Crippen molar-refractivity contribution in [3.05, 3.63) is 22.7 Å². The van der Waals surface area contributed by atoms with Crippen LogP contribution >= 0.6 is 15.9 Å². The molecule has 0 fully saturated rings. The molecule has 0 spiro atoms. The zero-order valence-corrected chi connectivity index (χ0v) is 14.5. The summed E-state index contributed by atoms with van der Waals surface area (Å²) in [6, 6.07) is 4.71. The third-order valence-electron chi connectivity index (χ3n) is 2.88. The van der Waals surface area contributed by atoms with E-state index in [0.29, 0.717) is 29.8 Å². The number of halogens is 1. The van der Waals surface area contributed by atoms with Gasteiger partial charge < -0.3 is 10.6 Å². The summed E-state index contributed by atoms with van der Waals surface area (Å²) >= 11 is 3.27. The van der Waals surface area contributed by atoms with E-state index in [1.807, 2.05) is 25.9 Å². The first-order valence-corrected chi connectivity index (χ1v) is 8.72. The minimum absolute atomic E-state index is 0.269. The fourth-order valence-corrected chi connectivity index (χ4v) is 3.81. The Morgan fingerprint density at radius 2 is 1.85 bits per heavy atom. The highest BCUT2D eigenvalue weighted by atomic mass is 79.9. The maximum Gasteiger partial charge on any atom is 0.243 e. The summed E-state index contributed by atoms with van der Waals surface area (Å²) in [6.45, 7) is 3.65. The van der Waals surface area contributed by atoms with Crippen LogP contribution in [0.1, 0.15) is 13.3 Å². The van der Waals surface area contributed by atoms with Gasteiger partial charge in [-0.3, -0.25) is 0 Å². The first-order valence-electron chi connectivity index (χ1n) is 6.49. The second-order valence-corrected chi connectivity index (χ2v) is 7.68. The van der Waals surface area contributed by atoms with Gasteiger partial charge in [0.1, 0.15) is 0 Å². The van der Waals surface area contributed by atoms with Gasteiger partial charge in [0, 0.05) is 29.8 Å². The van der Waals surface area contributed by atoms with Crippen molar-refractivity contribution >= 4 is 31.6 Å². The molecular formula is C13H22BrN3O2S. The number of sulfonamides is 1. The van der Waals surface area contributed by atoms with Gasteiger partial charge in [0.25, 0.3) is 0 Å². The van der Waals surface area contributed by atoms with Crippen LogP contribution in [-0.4, -0.2) is 51.4 Å². The van der Waals surface area contributed by atoms with E-state index in [4.69, 9.17) is 5.73 Å². The molecule has 0 atom stereocenters. The van der Waals surface area contributed by atoms with E-state index >= 15 is 0 Å². The van der Waals surface area contributed by atoms with Crippen molar-refractivity contribution in [1.82, 2.24) is 9.21 Å². The van der Waals surface area contributed by atoms with Crippen LogP contribution in [-0.2, 0) is 10.0 Å². The highest BCUT2D eigenvalue weighted by Gasteiger charge is 2.24. The van der Waals surface area contributed by atoms with Crippen molar-refractivity contribution < 1.29 is 8.42 Å². The average molecular weight is 364 g/mol. The van der Waals surface area contributed by atoms with Crippen molar-refractivity contribution in [1.29, 1.82) is 0 Å². The fraction of sp³-hybridized carbons (Fsp3) is 0.538. The Morgan fingerprint density at radius 1 is 1.20 bits per heavy atom. The molecule has 1 aromatic rings. The van der Waals surface area contributed by atoms with Crippen molar-refractivity contribution in [2.75, 3.05) is 39.5 Å². The Morgan fingerprint density at radius 3 is 2.35 bits per heavy atom. The molecule has 0 saturated carbocycles. The molecule has 0 saturated heterocycles. The first kappa shape index (κ1) is 17.4. The quantitative estimate of drug-likeness (QED) is 0.752. The molecule has 0 aliphatic heterocycles. The molecule has 20 heavy (non-hydrogen) atoms. The van der Waals surface area contributed by atoms with Crippen molar-refractivity contribution in [3.63, 3.8) is 0 Å². The minimum atomic E-state index is -3.48. The molecule has 0 aromatic heterocycles. The highest BCUT2D eigenvalue weighted by Crippen LogP contribution is 2.25. The Balaban J connectivity index is 3.05. The molecular weight excluding hydrogens is 342 g/mol. The number of hydrogen-bond donors (Lipinski definition) is 1. The Labute approximate surface area is 129 Å². The lowest BCUT2D eigenvalue weighted by Gasteiger charge is -2.23. The first-order chi connectivity index (χ1) is 9.28. The van der Waals surface area contributed by atoms with Gasteiger partial charge in [-0.2, -0.15) is 4.31 Å². The summed E-state index contributed by atoms with van der Waals surface area (Å²) in [4.78, 5) is 2.24. The maximum atomic E-state index is 12.6. The number of likely N-dealkylation sites (N-methyl/N-ethyl adjacent to an activating group) is 1. The molecule has 0 aliphatic carbocycles. The molecule has 0 heterocycles. The number of anilines is 1. The molecule has 2 N–H and O–H groups in total. The molecule has 7 heteroatoms. The van der Waals surface area contributed by atoms with Crippen LogP contribution in [0.3, 0.4) is 0 Å². The zero-order chi connectivity index (χ0) is 15.3. The van der Waals surface area contributed by atoms with Crippen molar-refractivity contribution in [3.8, 4) is 0 Å². The molecule has 5 nitrogen and oxygen atoms in total. The number of hydrogen-bond acceptors (Lipinski definition) is 4. The van der Waals surface area contributed by atoms with Crippen LogP contribution in [0, 0.1) is 0 Å². The summed E-state index contributed by atoms with van der Waals surface area (Å²) in [5, 5.41) is 0. The normalized spacial score (nSPS) is 12.3. The Bertz CT molecular complexity index is 547. The van der Waals surface area contributed by atoms with E-state index in [1.54, 1.807) is 18.2 Å². The third-order valence-corrected chi connectivity index (χ3v) is 5.46. The molecule has 1 rings (SSSR count). The average Bonchev–Trinajstić information content (AvgIpc) is 2.37. The Kier molecular flexibility index (Phi) is 6.44. The van der Waals surface area contributed by atoms with Crippen LogP contribution in [0.5, 0.6) is 0 Å². The van der Waals surface area contributed by atoms with Gasteiger partial charge in [0.15, 0.2) is 0 Å². The lowest BCUT2D eigenvalue weighted by atomic mass is 10.3. The van der Waals surface area contributed by atoms with Gasteiger partial charge in [0.2, 0.25) is 10.0 Å². The van der Waals surface area contributed by atoms with E-state index in [1.165, 1.54) is 4.31 Å². The topological polar surface area (TPSA) is 66.6 Å². The predicted molar refractivity (Wildman–Crippen MR) is 86.2 cm³/mol. The number of nitrogen functional groups attached to an aromatic ring is 1. The lowest BCUT2D eigenvalue weighted by molar-refractivity contribution is 0.333. The zero-order valence-electron chi connectivity index (χ0n) is 12.1. The smallest absolute Gasteiger partial charge is 0.243 e. The third kappa shape index (κ3) is 4.44. The number of nitrogens with zero attached hydrogens (tertiary/aromatic N) is 2. The van der Waals surface area contributed by atoms with Gasteiger partial charge in [-0.05, 0) is 54.6 Å². The molecule has 0 aliphatic rings. The van der Waals surface area contributed by atoms with Gasteiger partial charge in [-0.25, -0.2) is 8.42 Å². The molecule has 0 unspecified atom stereocenters. The summed E-state index contributed by atoms with van der Waals surface area (Å²) in [5.41, 5.74) is 6.23. The molecule has 114 valence electrons. The monoisotopic (exact) mass is 363 g/mol. The summed E-state index contributed by atoms with van der Waals surface area (Å²) in [7, 11) is 0.377. The molecule has 0 amide bonds. The van der Waals surface area contributed by atoms with Gasteiger partial charge in [-0.15, -0.1) is 0 Å². The van der Waals surface area contributed by atoms with Gasteiger partial charge in [-0.1, -0.05) is 6.92 Å². The van der Waals surface area contributed by atoms with Crippen LogP contribution in [0.25, 0.3) is 0 Å². The molecule has 0 radical (unpaired) electrons. The van der Waals surface area contributed by atoms with E-state index in [-0.39, 0.29) is 4.90 Å². The molecule has 1 aromatic carbocycles. The standard InChI is InChI=1S/C13H22BrN3O2S/c1-4-7-17(9-8-16(2)3)20(18,19)11-5-6-13(15)12(14)10-11/h5-6,10H,4,7-9,15H2,1-3H3. The van der Waals surface area contributed by atoms with Crippen molar-refractivity contribution in [2.45, 2.75) is 18.2 Å². The van der Waals surface area contributed by atoms with Gasteiger partial charge in [0.05, 0.1) is 4.90 Å². The van der Waals surface area contributed by atoms with E-state index in [0.717, 1.165) is 6.42 Å². The van der Waals surface area contributed by atoms with Crippen LogP contribution in [0.15, 0.2) is 27.6 Å². The van der Waals surface area contributed by atoms with E-state index < -0.39 is 10.0 Å². The predicted octanol–water partition coefficient (Wildman–Crippen LogP) is 1.99. The summed E-state index contributed by atoms with van der Waals surface area (Å²) in [5.74, 6) is 0. The summed E-state index contributed by atoms with van der Waals surface area (Å²) < 4.78 is 27.4. The second-order valence-electron chi connectivity index (χ2n) is 4.89. The SMILES string of the molecule is CCCN(CCN(C)C)S(=O)(=O)c1ccc(N)c(Br)c1. The fourth-order valence-electron chi connectivity index (χ4n) is 1.73. The molecule has 0 bridgehead atoms. The Hall–Kier alpha value is -0.630. The number of rotatable bonds is 7. The largest absolute Gasteiger partial charge is 0.398 e. The van der Waals surface area contributed by atoms with Crippen LogP contribution in [0.2, 0.25) is 0 Å². The lowest BCUT2D eigenvalue weighted by Crippen LogP contribution is -2.37. The maximum absolute atomic E-state index is 12.6. The van der Waals surface area contributed by atoms with E-state index in [2.05, 4.69) is 15.9 Å². The van der Waals surface area contributed by atoms with Crippen LogP contribution in [0.4, 0.5) is 5.69 Å². The second kappa shape index (κ2) is 7.40. The van der Waals surface area contributed by atoms with Crippen LogP contribution < -0.4 is 5.73 Å². The van der Waals surface area contributed by atoms with Crippen molar-refractivity contribution in [2.24, 2.45) is 0 Å². The number of nitrogens with two attached hydrogens (primary N) is 1. The van der Waals surface area contributed by atoms with Gasteiger partial charge >= 0.3 is 0 Å². The minimum Gasteiger partial charge on any atom is -0.398 e.